The third-order valence-electron chi connectivity index (χ3n) is 4.98. The molecule has 122 valence electrons. The number of ether oxygens (including phenoxy) is 1. The lowest BCUT2D eigenvalue weighted by molar-refractivity contribution is -0.145. The Labute approximate surface area is 127 Å². The molecule has 0 spiro atoms. The van der Waals surface area contributed by atoms with Crippen molar-refractivity contribution in [1.29, 1.82) is 0 Å². The number of hydrogen-bond donors (Lipinski definition) is 0. The van der Waals surface area contributed by atoms with Crippen LogP contribution in [0.15, 0.2) is 0 Å². The SMILES string of the molecule is COC(=O)C1CCCC1S(=O)(=O)N1CCN(C)C(C)(C)C1. The van der Waals surface area contributed by atoms with Crippen LogP contribution in [0.5, 0.6) is 0 Å². The first-order chi connectivity index (χ1) is 9.70. The summed E-state index contributed by atoms with van der Waals surface area (Å²) >= 11 is 0. The van der Waals surface area contributed by atoms with Crippen LogP contribution in [0, 0.1) is 5.92 Å². The Balaban J connectivity index is 2.20. The van der Waals surface area contributed by atoms with E-state index in [1.54, 1.807) is 4.31 Å². The highest BCUT2D eigenvalue weighted by Gasteiger charge is 2.47. The molecule has 2 rings (SSSR count). The van der Waals surface area contributed by atoms with Crippen LogP contribution in [0.1, 0.15) is 33.1 Å². The monoisotopic (exact) mass is 318 g/mol. The summed E-state index contributed by atoms with van der Waals surface area (Å²) in [6.07, 6.45) is 1.92. The molecule has 0 N–H and O–H groups in total. The van der Waals surface area contributed by atoms with Gasteiger partial charge < -0.3 is 4.74 Å². The van der Waals surface area contributed by atoms with E-state index in [1.165, 1.54) is 7.11 Å². The molecule has 6 nitrogen and oxygen atoms in total. The molecule has 1 heterocycles. The van der Waals surface area contributed by atoms with Crippen LogP contribution in [0.25, 0.3) is 0 Å². The lowest BCUT2D eigenvalue weighted by atomic mass is 10.0. The van der Waals surface area contributed by atoms with Gasteiger partial charge in [0.05, 0.1) is 18.3 Å². The summed E-state index contributed by atoms with van der Waals surface area (Å²) in [5.74, 6) is -0.905. The summed E-state index contributed by atoms with van der Waals surface area (Å²) in [6, 6.07) is 0. The maximum absolute atomic E-state index is 12.9. The number of esters is 1. The minimum atomic E-state index is -3.45. The normalized spacial score (nSPS) is 31.2. The number of likely N-dealkylation sites (N-methyl/N-ethyl adjacent to an activating group) is 1. The van der Waals surface area contributed by atoms with Gasteiger partial charge in [0, 0.05) is 25.2 Å². The van der Waals surface area contributed by atoms with E-state index in [9.17, 15) is 13.2 Å². The molecular weight excluding hydrogens is 292 g/mol. The number of methoxy groups -OCH3 is 1. The summed E-state index contributed by atoms with van der Waals surface area (Å²) in [7, 11) is -0.121. The largest absolute Gasteiger partial charge is 0.469 e. The Morgan fingerprint density at radius 2 is 1.90 bits per heavy atom. The van der Waals surface area contributed by atoms with Crippen LogP contribution in [-0.4, -0.2) is 68.2 Å². The van der Waals surface area contributed by atoms with E-state index in [4.69, 9.17) is 4.74 Å². The maximum Gasteiger partial charge on any atom is 0.310 e. The van der Waals surface area contributed by atoms with Crippen LogP contribution in [0.4, 0.5) is 0 Å². The van der Waals surface area contributed by atoms with Gasteiger partial charge in [-0.1, -0.05) is 6.42 Å². The van der Waals surface area contributed by atoms with Crippen molar-refractivity contribution in [2.24, 2.45) is 5.92 Å². The van der Waals surface area contributed by atoms with E-state index >= 15 is 0 Å². The zero-order valence-corrected chi connectivity index (χ0v) is 14.1. The third kappa shape index (κ3) is 3.10. The second kappa shape index (κ2) is 5.85. The number of piperazine rings is 1. The summed E-state index contributed by atoms with van der Waals surface area (Å²) in [5.41, 5.74) is -0.190. The summed E-state index contributed by atoms with van der Waals surface area (Å²) in [4.78, 5) is 14.0. The van der Waals surface area contributed by atoms with Gasteiger partial charge in [0.1, 0.15) is 0 Å². The van der Waals surface area contributed by atoms with E-state index in [2.05, 4.69) is 4.90 Å². The average molecular weight is 318 g/mol. The second-order valence-corrected chi connectivity index (χ2v) is 8.86. The van der Waals surface area contributed by atoms with Crippen molar-refractivity contribution in [2.75, 3.05) is 33.8 Å². The first-order valence-electron chi connectivity index (χ1n) is 7.48. The average Bonchev–Trinajstić information content (AvgIpc) is 2.90. The highest BCUT2D eigenvalue weighted by Crippen LogP contribution is 2.35. The molecular formula is C14H26N2O4S. The fourth-order valence-electron chi connectivity index (χ4n) is 3.31. The molecule has 0 radical (unpaired) electrons. The zero-order chi connectivity index (χ0) is 15.8. The molecule has 0 amide bonds. The predicted octanol–water partition coefficient (Wildman–Crippen LogP) is 0.684. The summed E-state index contributed by atoms with van der Waals surface area (Å²) in [5, 5.41) is -0.621. The minimum absolute atomic E-state index is 0.190. The molecule has 21 heavy (non-hydrogen) atoms. The molecule has 2 atom stereocenters. The number of hydrogen-bond acceptors (Lipinski definition) is 5. The van der Waals surface area contributed by atoms with Gasteiger partial charge >= 0.3 is 5.97 Å². The highest BCUT2D eigenvalue weighted by atomic mass is 32.2. The molecule has 1 saturated carbocycles. The van der Waals surface area contributed by atoms with Gasteiger partial charge in [0.25, 0.3) is 0 Å². The maximum atomic E-state index is 12.9. The van der Waals surface area contributed by atoms with Crippen LogP contribution in [-0.2, 0) is 19.6 Å². The first-order valence-corrected chi connectivity index (χ1v) is 8.98. The lowest BCUT2D eigenvalue weighted by Crippen LogP contribution is -2.60. The molecule has 2 aliphatic rings. The van der Waals surface area contributed by atoms with Crippen LogP contribution in [0.3, 0.4) is 0 Å². The molecule has 0 aromatic carbocycles. The molecule has 1 aliphatic carbocycles. The zero-order valence-electron chi connectivity index (χ0n) is 13.3. The Bertz CT molecular complexity index is 503. The van der Waals surface area contributed by atoms with Crippen molar-refractivity contribution in [2.45, 2.75) is 43.9 Å². The fourth-order valence-corrected chi connectivity index (χ4v) is 5.65. The number of carbonyl (C=O) groups is 1. The van der Waals surface area contributed by atoms with Crippen molar-refractivity contribution in [3.05, 3.63) is 0 Å². The third-order valence-corrected chi connectivity index (χ3v) is 7.34. The molecule has 1 aliphatic heterocycles. The Hall–Kier alpha value is -0.660. The first kappa shape index (κ1) is 16.7. The standard InChI is InChI=1S/C14H26N2O4S/c1-14(2)10-16(9-8-15(14)3)21(18,19)12-7-5-6-11(12)13(17)20-4/h11-12H,5-10H2,1-4H3. The topological polar surface area (TPSA) is 66.9 Å². The quantitative estimate of drug-likeness (QED) is 0.716. The number of nitrogens with zero attached hydrogens (tertiary/aromatic N) is 2. The Morgan fingerprint density at radius 3 is 2.48 bits per heavy atom. The van der Waals surface area contributed by atoms with Crippen molar-refractivity contribution < 1.29 is 17.9 Å². The van der Waals surface area contributed by atoms with Gasteiger partial charge in [-0.3, -0.25) is 9.69 Å². The number of carbonyl (C=O) groups excluding carboxylic acids is 1. The number of sulfonamides is 1. The molecule has 1 saturated heterocycles. The van der Waals surface area contributed by atoms with Crippen molar-refractivity contribution in [3.63, 3.8) is 0 Å². The van der Waals surface area contributed by atoms with E-state index < -0.39 is 27.2 Å². The fraction of sp³-hybridized carbons (Fsp3) is 0.929. The van der Waals surface area contributed by atoms with E-state index in [-0.39, 0.29) is 5.54 Å². The second-order valence-electron chi connectivity index (χ2n) is 6.71. The summed E-state index contributed by atoms with van der Waals surface area (Å²) < 4.78 is 32.2. The smallest absolute Gasteiger partial charge is 0.310 e. The molecule has 2 fully saturated rings. The van der Waals surface area contributed by atoms with E-state index in [1.807, 2.05) is 20.9 Å². The van der Waals surface area contributed by atoms with Crippen LogP contribution < -0.4 is 0 Å². The molecule has 2 unspecified atom stereocenters. The number of rotatable bonds is 3. The van der Waals surface area contributed by atoms with Gasteiger partial charge in [-0.2, -0.15) is 4.31 Å². The molecule has 7 heteroatoms. The van der Waals surface area contributed by atoms with Crippen molar-refractivity contribution >= 4 is 16.0 Å². The highest BCUT2D eigenvalue weighted by molar-refractivity contribution is 7.89. The van der Waals surface area contributed by atoms with Crippen molar-refractivity contribution in [3.8, 4) is 0 Å². The summed E-state index contributed by atoms with van der Waals surface area (Å²) in [6.45, 7) is 5.76. The van der Waals surface area contributed by atoms with Gasteiger partial charge in [-0.15, -0.1) is 0 Å². The van der Waals surface area contributed by atoms with E-state index in [0.717, 1.165) is 6.42 Å². The van der Waals surface area contributed by atoms with E-state index in [0.29, 0.717) is 32.5 Å². The lowest BCUT2D eigenvalue weighted by Gasteiger charge is -2.45. The van der Waals surface area contributed by atoms with Crippen molar-refractivity contribution in [1.82, 2.24) is 9.21 Å². The molecule has 0 aromatic rings. The predicted molar refractivity (Wildman–Crippen MR) is 80.3 cm³/mol. The molecule has 0 bridgehead atoms. The molecule has 0 aromatic heterocycles. The van der Waals surface area contributed by atoms with Crippen LogP contribution in [0.2, 0.25) is 0 Å². The minimum Gasteiger partial charge on any atom is -0.469 e. The van der Waals surface area contributed by atoms with Gasteiger partial charge in [-0.05, 0) is 33.7 Å². The Morgan fingerprint density at radius 1 is 1.24 bits per heavy atom. The van der Waals surface area contributed by atoms with Crippen LogP contribution >= 0.6 is 0 Å². The van der Waals surface area contributed by atoms with Gasteiger partial charge in [-0.25, -0.2) is 8.42 Å². The Kier molecular flexibility index (Phi) is 4.66. The van der Waals surface area contributed by atoms with Gasteiger partial charge in [0.15, 0.2) is 0 Å². The van der Waals surface area contributed by atoms with Gasteiger partial charge in [0.2, 0.25) is 10.0 Å².